The molecular formula is C14H18O4S. The molecule has 19 heavy (non-hydrogen) atoms. The molecule has 0 aromatic heterocycles. The number of hydrogen-bond donors (Lipinski definition) is 1. The highest BCUT2D eigenvalue weighted by Gasteiger charge is 2.45. The zero-order valence-electron chi connectivity index (χ0n) is 10.7. The summed E-state index contributed by atoms with van der Waals surface area (Å²) in [5, 5.41) is 8.80. The fraction of sp³-hybridized carbons (Fsp3) is 0.500. The largest absolute Gasteiger partial charge is 0.493 e. The van der Waals surface area contributed by atoms with Crippen molar-refractivity contribution in [1.82, 2.24) is 0 Å². The fourth-order valence-corrected chi connectivity index (χ4v) is 3.54. The lowest BCUT2D eigenvalue weighted by Crippen LogP contribution is -2.20. The Labute approximate surface area is 115 Å². The van der Waals surface area contributed by atoms with Crippen LogP contribution in [0.4, 0.5) is 0 Å². The minimum Gasteiger partial charge on any atom is -0.493 e. The van der Waals surface area contributed by atoms with Crippen LogP contribution in [0.3, 0.4) is 0 Å². The topological polar surface area (TPSA) is 63.6 Å². The molecular weight excluding hydrogens is 264 g/mol. The fourth-order valence-electron chi connectivity index (χ4n) is 2.05. The predicted molar refractivity (Wildman–Crippen MR) is 73.7 cm³/mol. The van der Waals surface area contributed by atoms with E-state index >= 15 is 0 Å². The summed E-state index contributed by atoms with van der Waals surface area (Å²) in [6, 6.07) is 9.40. The van der Waals surface area contributed by atoms with Crippen molar-refractivity contribution in [2.24, 2.45) is 5.41 Å². The second-order valence-corrected chi connectivity index (χ2v) is 6.60. The highest BCUT2D eigenvalue weighted by Crippen LogP contribution is 2.49. The summed E-state index contributed by atoms with van der Waals surface area (Å²) in [7, 11) is -1.01. The summed E-state index contributed by atoms with van der Waals surface area (Å²) in [6.07, 6.45) is 1.90. The lowest BCUT2D eigenvalue weighted by atomic mass is 10.1. The van der Waals surface area contributed by atoms with E-state index in [0.29, 0.717) is 18.1 Å². The molecule has 0 radical (unpaired) electrons. The zero-order valence-corrected chi connectivity index (χ0v) is 11.5. The molecule has 4 nitrogen and oxygen atoms in total. The van der Waals surface area contributed by atoms with Crippen LogP contribution >= 0.6 is 0 Å². The van der Waals surface area contributed by atoms with Gasteiger partial charge in [0, 0.05) is 16.6 Å². The third-order valence-electron chi connectivity index (χ3n) is 3.27. The summed E-state index contributed by atoms with van der Waals surface area (Å²) in [6.45, 7) is 0.403. The van der Waals surface area contributed by atoms with Gasteiger partial charge in [-0.1, -0.05) is 18.2 Å². The van der Waals surface area contributed by atoms with Crippen molar-refractivity contribution in [2.75, 3.05) is 18.1 Å². The highest BCUT2D eigenvalue weighted by atomic mass is 32.2. The van der Waals surface area contributed by atoms with Crippen molar-refractivity contribution in [3.63, 3.8) is 0 Å². The lowest BCUT2D eigenvalue weighted by Gasteiger charge is -2.12. The van der Waals surface area contributed by atoms with E-state index < -0.39 is 16.8 Å². The average molecular weight is 282 g/mol. The van der Waals surface area contributed by atoms with E-state index in [-0.39, 0.29) is 11.8 Å². The van der Waals surface area contributed by atoms with Crippen LogP contribution < -0.4 is 4.74 Å². The van der Waals surface area contributed by atoms with Gasteiger partial charge in [0.25, 0.3) is 0 Å². The molecule has 0 saturated heterocycles. The first-order valence-electron chi connectivity index (χ1n) is 6.34. The molecule has 1 saturated carbocycles. The molecule has 1 fully saturated rings. The van der Waals surface area contributed by atoms with Gasteiger partial charge in [-0.05, 0) is 30.4 Å². The Morgan fingerprint density at radius 3 is 2.58 bits per heavy atom. The Morgan fingerprint density at radius 2 is 2.00 bits per heavy atom. The van der Waals surface area contributed by atoms with Crippen LogP contribution in [0.25, 0.3) is 0 Å². The van der Waals surface area contributed by atoms with Crippen LogP contribution in [0.1, 0.15) is 19.3 Å². The zero-order chi connectivity index (χ0) is 13.7. The molecule has 0 heterocycles. The standard InChI is InChI=1S/C14H18O4S/c15-13(16)10-14(6-7-14)11-19(17)9-8-18-12-4-2-1-3-5-12/h1-5H,6-11H2,(H,15,16). The Bertz CT molecular complexity index is 454. The molecule has 0 amide bonds. The van der Waals surface area contributed by atoms with Crippen molar-refractivity contribution >= 4 is 16.8 Å². The number of aliphatic carboxylic acids is 1. The van der Waals surface area contributed by atoms with Crippen LogP contribution in [0.15, 0.2) is 30.3 Å². The van der Waals surface area contributed by atoms with Gasteiger partial charge in [-0.15, -0.1) is 0 Å². The summed E-state index contributed by atoms with van der Waals surface area (Å²) >= 11 is 0. The maximum absolute atomic E-state index is 11.9. The first-order chi connectivity index (χ1) is 9.10. The third kappa shape index (κ3) is 4.67. The molecule has 1 atom stereocenters. The molecule has 1 unspecified atom stereocenters. The Hall–Kier alpha value is -1.36. The smallest absolute Gasteiger partial charge is 0.303 e. The number of carboxylic acid groups (broad SMARTS) is 1. The number of rotatable bonds is 8. The summed E-state index contributed by atoms with van der Waals surface area (Å²) in [5.41, 5.74) is -0.205. The van der Waals surface area contributed by atoms with Gasteiger partial charge in [0.15, 0.2) is 0 Å². The van der Waals surface area contributed by atoms with Gasteiger partial charge in [-0.2, -0.15) is 0 Å². The molecule has 0 spiro atoms. The number of ether oxygens (including phenoxy) is 1. The molecule has 5 heteroatoms. The molecule has 0 aliphatic heterocycles. The van der Waals surface area contributed by atoms with Crippen LogP contribution in [-0.2, 0) is 15.6 Å². The van der Waals surface area contributed by atoms with Crippen LogP contribution in [-0.4, -0.2) is 33.4 Å². The monoisotopic (exact) mass is 282 g/mol. The second kappa shape index (κ2) is 6.19. The quantitative estimate of drug-likeness (QED) is 0.793. The van der Waals surface area contributed by atoms with Crippen LogP contribution in [0, 0.1) is 5.41 Å². The minimum atomic E-state index is -1.01. The van der Waals surface area contributed by atoms with Gasteiger partial charge in [-0.25, -0.2) is 0 Å². The Kier molecular flexibility index (Phi) is 4.58. The summed E-state index contributed by atoms with van der Waals surface area (Å²) < 4.78 is 17.4. The van der Waals surface area contributed by atoms with E-state index in [1.165, 1.54) is 0 Å². The van der Waals surface area contributed by atoms with E-state index in [4.69, 9.17) is 9.84 Å². The normalized spacial score (nSPS) is 17.7. The first kappa shape index (κ1) is 14.1. The lowest BCUT2D eigenvalue weighted by molar-refractivity contribution is -0.138. The molecule has 0 bridgehead atoms. The predicted octanol–water partition coefficient (Wildman–Crippen LogP) is 2.07. The SMILES string of the molecule is O=C(O)CC1(CS(=O)CCOc2ccccc2)CC1. The van der Waals surface area contributed by atoms with E-state index in [1.54, 1.807) is 0 Å². The minimum absolute atomic E-state index is 0.137. The molecule has 1 aromatic carbocycles. The van der Waals surface area contributed by atoms with E-state index in [9.17, 15) is 9.00 Å². The van der Waals surface area contributed by atoms with Crippen molar-refractivity contribution in [2.45, 2.75) is 19.3 Å². The second-order valence-electron chi connectivity index (χ2n) is 5.02. The summed E-state index contributed by atoms with van der Waals surface area (Å²) in [4.78, 5) is 10.7. The van der Waals surface area contributed by atoms with Gasteiger partial charge in [0.2, 0.25) is 0 Å². The van der Waals surface area contributed by atoms with Gasteiger partial charge in [0.05, 0.1) is 18.8 Å². The van der Waals surface area contributed by atoms with Crippen molar-refractivity contribution in [3.05, 3.63) is 30.3 Å². The highest BCUT2D eigenvalue weighted by molar-refractivity contribution is 7.85. The Balaban J connectivity index is 1.69. The van der Waals surface area contributed by atoms with Gasteiger partial charge in [0.1, 0.15) is 5.75 Å². The number of carbonyl (C=O) groups is 1. The van der Waals surface area contributed by atoms with Crippen molar-refractivity contribution in [3.8, 4) is 5.75 Å². The van der Waals surface area contributed by atoms with Gasteiger partial charge in [-0.3, -0.25) is 9.00 Å². The van der Waals surface area contributed by atoms with Crippen LogP contribution in [0.5, 0.6) is 5.75 Å². The average Bonchev–Trinajstić information content (AvgIpc) is 3.08. The van der Waals surface area contributed by atoms with Crippen LogP contribution in [0.2, 0.25) is 0 Å². The van der Waals surface area contributed by atoms with Gasteiger partial charge < -0.3 is 9.84 Å². The number of benzene rings is 1. The molecule has 1 aliphatic carbocycles. The molecule has 2 rings (SSSR count). The molecule has 1 N–H and O–H groups in total. The number of para-hydroxylation sites is 1. The van der Waals surface area contributed by atoms with Gasteiger partial charge >= 0.3 is 5.97 Å². The molecule has 1 aromatic rings. The molecule has 104 valence electrons. The van der Waals surface area contributed by atoms with E-state index in [0.717, 1.165) is 18.6 Å². The van der Waals surface area contributed by atoms with Crippen molar-refractivity contribution in [1.29, 1.82) is 0 Å². The number of hydrogen-bond acceptors (Lipinski definition) is 3. The van der Waals surface area contributed by atoms with E-state index in [2.05, 4.69) is 0 Å². The summed E-state index contributed by atoms with van der Waals surface area (Å²) in [5.74, 6) is 0.912. The Morgan fingerprint density at radius 1 is 1.32 bits per heavy atom. The third-order valence-corrected chi connectivity index (χ3v) is 4.83. The van der Waals surface area contributed by atoms with Crippen molar-refractivity contribution < 1.29 is 18.8 Å². The maximum Gasteiger partial charge on any atom is 0.303 e. The maximum atomic E-state index is 11.9. The number of carboxylic acids is 1. The van der Waals surface area contributed by atoms with E-state index in [1.807, 2.05) is 30.3 Å². The molecule has 1 aliphatic rings. The first-order valence-corrected chi connectivity index (χ1v) is 7.83.